The molecule has 0 aliphatic heterocycles. The number of nitrogens with zero attached hydrogens (tertiary/aromatic N) is 8. The van der Waals surface area contributed by atoms with Crippen molar-refractivity contribution in [3.8, 4) is 112 Å². The molecular weight excluding hydrogens is 1190 g/mol. The molecule has 0 radical (unpaired) electrons. The second-order valence-electron chi connectivity index (χ2n) is 25.2. The third-order valence-electron chi connectivity index (χ3n) is 19.2. The third kappa shape index (κ3) is 10.4. The Kier molecular flexibility index (Phi) is 13.4. The van der Waals surface area contributed by atoms with Gasteiger partial charge >= 0.3 is 0 Å². The van der Waals surface area contributed by atoms with Crippen LogP contribution in [0.4, 0.5) is 0 Å². The first-order chi connectivity index (χ1) is 48.4. The van der Waals surface area contributed by atoms with Crippen molar-refractivity contribution in [1.82, 2.24) is 39.9 Å². The van der Waals surface area contributed by atoms with Gasteiger partial charge < -0.3 is 0 Å². The summed E-state index contributed by atoms with van der Waals surface area (Å²) in [5.41, 5.74) is 25.9. The fraction of sp³-hybridized carbons (Fsp3) is 0. The van der Waals surface area contributed by atoms with Crippen molar-refractivity contribution in [2.24, 2.45) is 0 Å². The molecule has 0 saturated heterocycles. The molecule has 8 heterocycles. The fourth-order valence-corrected chi connectivity index (χ4v) is 13.9. The average Bonchev–Trinajstić information content (AvgIpc) is 0.786. The highest BCUT2D eigenvalue weighted by Crippen LogP contribution is 2.38. The summed E-state index contributed by atoms with van der Waals surface area (Å²) in [5.74, 6) is 0. The number of fused-ring (bicyclic) bond motifs is 10. The predicted molar refractivity (Wildman–Crippen MR) is 403 cm³/mol. The molecule has 19 aromatic rings. The van der Waals surface area contributed by atoms with Crippen LogP contribution in [0.3, 0.4) is 0 Å². The molecule has 8 nitrogen and oxygen atoms in total. The van der Waals surface area contributed by atoms with Gasteiger partial charge in [0, 0.05) is 96.0 Å². The Balaban J connectivity index is 0.554. The van der Waals surface area contributed by atoms with Gasteiger partial charge in [0.25, 0.3) is 0 Å². The zero-order valence-corrected chi connectivity index (χ0v) is 52.8. The molecule has 0 bridgehead atoms. The predicted octanol–water partition coefficient (Wildman–Crippen LogP) is 22.7. The van der Waals surface area contributed by atoms with E-state index in [0.717, 1.165) is 183 Å². The summed E-state index contributed by atoms with van der Waals surface area (Å²) in [4.78, 5) is 40.0. The lowest BCUT2D eigenvalue weighted by Crippen LogP contribution is -1.91. The molecule has 0 amide bonds. The van der Waals surface area contributed by atoms with Crippen molar-refractivity contribution in [1.29, 1.82) is 0 Å². The van der Waals surface area contributed by atoms with Gasteiger partial charge in [-0.1, -0.05) is 212 Å². The van der Waals surface area contributed by atoms with Crippen LogP contribution < -0.4 is 0 Å². The number of rotatable bonds is 10. The summed E-state index contributed by atoms with van der Waals surface area (Å²) < 4.78 is 0. The first-order valence-electron chi connectivity index (χ1n) is 32.9. The summed E-state index contributed by atoms with van der Waals surface area (Å²) in [6.07, 6.45) is 7.45. The summed E-state index contributed by atoms with van der Waals surface area (Å²) in [5, 5.41) is 11.2. The van der Waals surface area contributed by atoms with Gasteiger partial charge in [0.2, 0.25) is 0 Å². The molecule has 8 aromatic heterocycles. The highest BCUT2D eigenvalue weighted by molar-refractivity contribution is 6.10. The highest BCUT2D eigenvalue weighted by atomic mass is 14.8. The molecule has 0 saturated carbocycles. The van der Waals surface area contributed by atoms with E-state index in [4.69, 9.17) is 34.9 Å². The lowest BCUT2D eigenvalue weighted by molar-refractivity contribution is 1.30. The van der Waals surface area contributed by atoms with E-state index in [1.807, 2.05) is 42.7 Å². The SMILES string of the molecule is c1ccc(-c2ccc3ccc4ccc(-c5ccc(-c6ccc7ccc(-c8ccc9ccc(-c%10cncc(-c%11ccc%12c(ccc%13ccc(-c%14ccc(-c%15ccc%16ccc(-c%17ccc%18ccc(-c%19ccncc%19)nc%18c%17)cc%16n%15)cc%14)cc%13%12)c%11)c%10)nc9c8)cc7n6)cc5)nc4c3n2)cc1. The second kappa shape index (κ2) is 23.3. The second-order valence-corrected chi connectivity index (χ2v) is 25.2. The Morgan fingerprint density at radius 1 is 0.163 bits per heavy atom. The summed E-state index contributed by atoms with van der Waals surface area (Å²) in [6.45, 7) is 0. The molecule has 0 unspecified atom stereocenters. The van der Waals surface area contributed by atoms with E-state index in [9.17, 15) is 0 Å². The van der Waals surface area contributed by atoms with Gasteiger partial charge in [-0.05, 0) is 151 Å². The maximum Gasteiger partial charge on any atom is 0.0972 e. The molecule has 0 N–H and O–H groups in total. The third-order valence-corrected chi connectivity index (χ3v) is 19.2. The van der Waals surface area contributed by atoms with E-state index in [-0.39, 0.29) is 0 Å². The number of pyridine rings is 8. The molecule has 98 heavy (non-hydrogen) atoms. The van der Waals surface area contributed by atoms with Crippen molar-refractivity contribution >= 4 is 87.0 Å². The van der Waals surface area contributed by atoms with Gasteiger partial charge in [0.15, 0.2) is 0 Å². The fourth-order valence-electron chi connectivity index (χ4n) is 13.9. The smallest absolute Gasteiger partial charge is 0.0972 e. The number of aromatic nitrogens is 8. The molecule has 454 valence electrons. The van der Waals surface area contributed by atoms with Crippen molar-refractivity contribution < 1.29 is 0 Å². The molecule has 0 aliphatic rings. The Labute approximate surface area is 563 Å². The molecular formula is C90H54N8. The number of hydrogen-bond donors (Lipinski definition) is 0. The molecule has 11 aromatic carbocycles. The van der Waals surface area contributed by atoms with Crippen molar-refractivity contribution in [2.45, 2.75) is 0 Å². The Hall–Kier alpha value is -13.3. The minimum atomic E-state index is 0.863. The molecule has 0 atom stereocenters. The van der Waals surface area contributed by atoms with Gasteiger partial charge in [-0.25, -0.2) is 29.9 Å². The summed E-state index contributed by atoms with van der Waals surface area (Å²) >= 11 is 0. The maximum absolute atomic E-state index is 5.26. The largest absolute Gasteiger partial charge is 0.265 e. The summed E-state index contributed by atoms with van der Waals surface area (Å²) in [7, 11) is 0. The standard InChI is InChI=1S/C90H54N8/c1-2-4-57(5-3-1)82-40-33-66-20-21-67-34-41-83(98-90(67)89(66)97-82)60-14-12-59(13-15-60)80-37-30-62-17-24-71(50-86(62)94-80)73-26-19-64-32-39-84(96-88(64)52-73)76-47-75(53-92-54-76)68-28-35-77-74(46-68)27-9-56-8-22-69(48-78(56)77)55-6-10-58(11-7-55)79-36-29-61-16-23-70(49-85(61)93-79)72-25-18-63-31-38-81(95-87(63)51-72)65-42-44-91-45-43-65/h1-54H. The van der Waals surface area contributed by atoms with Crippen LogP contribution in [-0.2, 0) is 0 Å². The maximum atomic E-state index is 5.26. The van der Waals surface area contributed by atoms with E-state index in [0.29, 0.717) is 0 Å². The summed E-state index contributed by atoms with van der Waals surface area (Å²) in [6, 6.07) is 107. The van der Waals surface area contributed by atoms with Crippen LogP contribution in [0.25, 0.3) is 199 Å². The molecule has 19 rings (SSSR count). The Morgan fingerprint density at radius 2 is 0.490 bits per heavy atom. The minimum Gasteiger partial charge on any atom is -0.265 e. The van der Waals surface area contributed by atoms with Gasteiger partial charge in [0.1, 0.15) is 0 Å². The Bertz CT molecular complexity index is 6410. The van der Waals surface area contributed by atoms with E-state index in [1.165, 1.54) is 16.2 Å². The van der Waals surface area contributed by atoms with E-state index < -0.39 is 0 Å². The normalized spacial score (nSPS) is 11.7. The van der Waals surface area contributed by atoms with Crippen LogP contribution >= 0.6 is 0 Å². The van der Waals surface area contributed by atoms with Gasteiger partial charge in [-0.3, -0.25) is 9.97 Å². The van der Waals surface area contributed by atoms with E-state index >= 15 is 0 Å². The van der Waals surface area contributed by atoms with Crippen LogP contribution in [0, 0.1) is 0 Å². The zero-order chi connectivity index (χ0) is 64.6. The monoisotopic (exact) mass is 1250 g/mol. The molecule has 8 heteroatoms. The zero-order valence-electron chi connectivity index (χ0n) is 52.8. The molecule has 0 spiro atoms. The molecule has 0 fully saturated rings. The first-order valence-corrected chi connectivity index (χ1v) is 32.9. The van der Waals surface area contributed by atoms with Crippen molar-refractivity contribution in [3.63, 3.8) is 0 Å². The topological polar surface area (TPSA) is 103 Å². The van der Waals surface area contributed by atoms with Crippen LogP contribution in [0.2, 0.25) is 0 Å². The lowest BCUT2D eigenvalue weighted by Gasteiger charge is -2.11. The van der Waals surface area contributed by atoms with Crippen molar-refractivity contribution in [2.75, 3.05) is 0 Å². The first kappa shape index (κ1) is 56.3. The van der Waals surface area contributed by atoms with Gasteiger partial charge in [-0.2, -0.15) is 0 Å². The van der Waals surface area contributed by atoms with Gasteiger partial charge in [-0.15, -0.1) is 0 Å². The van der Waals surface area contributed by atoms with Crippen molar-refractivity contribution in [3.05, 3.63) is 328 Å². The number of hydrogen-bond acceptors (Lipinski definition) is 8. The average molecular weight is 1250 g/mol. The number of benzene rings is 11. The minimum absolute atomic E-state index is 0.863. The van der Waals surface area contributed by atoms with Crippen LogP contribution in [0.1, 0.15) is 0 Å². The Morgan fingerprint density at radius 3 is 0.980 bits per heavy atom. The highest BCUT2D eigenvalue weighted by Gasteiger charge is 2.15. The van der Waals surface area contributed by atoms with Crippen LogP contribution in [-0.4, -0.2) is 39.9 Å². The lowest BCUT2D eigenvalue weighted by atomic mass is 9.94. The van der Waals surface area contributed by atoms with Gasteiger partial charge in [0.05, 0.1) is 67.3 Å². The van der Waals surface area contributed by atoms with Crippen LogP contribution in [0.15, 0.2) is 328 Å². The van der Waals surface area contributed by atoms with E-state index in [2.05, 4.69) is 278 Å². The van der Waals surface area contributed by atoms with E-state index in [1.54, 1.807) is 12.4 Å². The molecule has 0 aliphatic carbocycles. The quantitative estimate of drug-likeness (QED) is 0.125. The van der Waals surface area contributed by atoms with Crippen LogP contribution in [0.5, 0.6) is 0 Å².